The predicted molar refractivity (Wildman–Crippen MR) is 53.6 cm³/mol. The fraction of sp³-hybridized carbons (Fsp3) is 0.333. The van der Waals surface area contributed by atoms with Crippen LogP contribution in [0.3, 0.4) is 0 Å². The summed E-state index contributed by atoms with van der Waals surface area (Å²) < 4.78 is 0.576. The highest BCUT2D eigenvalue weighted by atomic mass is 35.5. The first kappa shape index (κ1) is 10.4. The molecule has 0 spiro atoms. The number of hydrogen-bond donors (Lipinski definition) is 0. The second kappa shape index (κ2) is 4.53. The van der Waals surface area contributed by atoms with Crippen molar-refractivity contribution < 1.29 is 9.59 Å². The predicted octanol–water partition coefficient (Wildman–Crippen LogP) is 2.95. The van der Waals surface area contributed by atoms with Crippen molar-refractivity contribution in [2.45, 2.75) is 19.8 Å². The molecule has 0 aromatic carbocycles. The molecule has 0 N–H and O–H groups in total. The summed E-state index contributed by atoms with van der Waals surface area (Å²) in [5.41, 5.74) is 0.539. The van der Waals surface area contributed by atoms with Crippen LogP contribution in [0.4, 0.5) is 0 Å². The standard InChI is InChI=1S/C9H9ClO2S/c1-2-7(11)4-8(12)6-3-9(10)13-5-6/h3,5H,2,4H2,1H3. The average Bonchev–Trinajstić information content (AvgIpc) is 2.51. The molecule has 1 aromatic rings. The van der Waals surface area contributed by atoms with Gasteiger partial charge < -0.3 is 0 Å². The van der Waals surface area contributed by atoms with Gasteiger partial charge >= 0.3 is 0 Å². The van der Waals surface area contributed by atoms with E-state index in [2.05, 4.69) is 0 Å². The molecule has 4 heteroatoms. The molecule has 1 aromatic heterocycles. The van der Waals surface area contributed by atoms with Gasteiger partial charge in [-0.15, -0.1) is 11.3 Å². The molecule has 0 saturated carbocycles. The molecule has 13 heavy (non-hydrogen) atoms. The molecule has 0 aliphatic carbocycles. The Hall–Kier alpha value is -0.670. The molecule has 2 nitrogen and oxygen atoms in total. The zero-order chi connectivity index (χ0) is 9.84. The van der Waals surface area contributed by atoms with Crippen molar-refractivity contribution in [2.75, 3.05) is 0 Å². The number of thiophene rings is 1. The molecule has 0 amide bonds. The first-order valence-corrected chi connectivity index (χ1v) is 5.18. The quantitative estimate of drug-likeness (QED) is 0.573. The maximum atomic E-state index is 11.4. The van der Waals surface area contributed by atoms with Crippen molar-refractivity contribution in [1.82, 2.24) is 0 Å². The molecular weight excluding hydrogens is 208 g/mol. The fourth-order valence-electron chi connectivity index (χ4n) is 0.862. The molecule has 70 valence electrons. The lowest BCUT2D eigenvalue weighted by atomic mass is 10.1. The Kier molecular flexibility index (Phi) is 3.63. The molecule has 0 saturated heterocycles. The van der Waals surface area contributed by atoms with E-state index in [9.17, 15) is 9.59 Å². The number of halogens is 1. The number of ketones is 2. The number of hydrogen-bond acceptors (Lipinski definition) is 3. The third-order valence-corrected chi connectivity index (χ3v) is 2.73. The Bertz CT molecular complexity index is 330. The molecule has 0 aliphatic heterocycles. The topological polar surface area (TPSA) is 34.1 Å². The van der Waals surface area contributed by atoms with Crippen LogP contribution in [-0.4, -0.2) is 11.6 Å². The summed E-state index contributed by atoms with van der Waals surface area (Å²) >= 11 is 6.96. The van der Waals surface area contributed by atoms with Crippen LogP contribution in [0.5, 0.6) is 0 Å². The van der Waals surface area contributed by atoms with Crippen LogP contribution in [0, 0.1) is 0 Å². The summed E-state index contributed by atoms with van der Waals surface area (Å²) in [6.45, 7) is 1.75. The normalized spacial score (nSPS) is 10.0. The Morgan fingerprint density at radius 2 is 2.23 bits per heavy atom. The van der Waals surface area contributed by atoms with Gasteiger partial charge in [-0.3, -0.25) is 9.59 Å². The van der Waals surface area contributed by atoms with E-state index in [4.69, 9.17) is 11.6 Å². The zero-order valence-electron chi connectivity index (χ0n) is 7.17. The SMILES string of the molecule is CCC(=O)CC(=O)c1csc(Cl)c1. The lowest BCUT2D eigenvalue weighted by Crippen LogP contribution is -2.05. The molecular formula is C9H9ClO2S. The van der Waals surface area contributed by atoms with E-state index in [0.717, 1.165) is 0 Å². The second-order valence-electron chi connectivity index (χ2n) is 2.63. The van der Waals surface area contributed by atoms with E-state index in [-0.39, 0.29) is 18.0 Å². The van der Waals surface area contributed by atoms with Gasteiger partial charge in [0.2, 0.25) is 0 Å². The number of carbonyl (C=O) groups excluding carboxylic acids is 2. The largest absolute Gasteiger partial charge is 0.299 e. The summed E-state index contributed by atoms with van der Waals surface area (Å²) in [5.74, 6) is -0.178. The van der Waals surface area contributed by atoms with Crippen molar-refractivity contribution in [3.63, 3.8) is 0 Å². The van der Waals surface area contributed by atoms with Crippen molar-refractivity contribution >= 4 is 34.5 Å². The third kappa shape index (κ3) is 2.94. The van der Waals surface area contributed by atoms with Crippen molar-refractivity contribution in [3.8, 4) is 0 Å². The lowest BCUT2D eigenvalue weighted by molar-refractivity contribution is -0.117. The van der Waals surface area contributed by atoms with Crippen molar-refractivity contribution in [1.29, 1.82) is 0 Å². The Morgan fingerprint density at radius 1 is 1.54 bits per heavy atom. The molecule has 0 bridgehead atoms. The molecule has 1 rings (SSSR count). The molecule has 0 atom stereocenters. The minimum atomic E-state index is -0.144. The molecule has 0 fully saturated rings. The van der Waals surface area contributed by atoms with E-state index in [1.54, 1.807) is 18.4 Å². The summed E-state index contributed by atoms with van der Waals surface area (Å²) in [6.07, 6.45) is 0.396. The summed E-state index contributed by atoms with van der Waals surface area (Å²) in [7, 11) is 0. The molecule has 0 unspecified atom stereocenters. The van der Waals surface area contributed by atoms with E-state index < -0.39 is 0 Å². The van der Waals surface area contributed by atoms with Gasteiger partial charge in [-0.25, -0.2) is 0 Å². The van der Waals surface area contributed by atoms with Gasteiger partial charge in [0.15, 0.2) is 5.78 Å². The Morgan fingerprint density at radius 3 is 2.69 bits per heavy atom. The van der Waals surface area contributed by atoms with Gasteiger partial charge in [-0.05, 0) is 6.07 Å². The van der Waals surface area contributed by atoms with Gasteiger partial charge in [0.1, 0.15) is 5.78 Å². The molecule has 0 aliphatic rings. The summed E-state index contributed by atoms with van der Waals surface area (Å²) in [4.78, 5) is 22.3. The summed E-state index contributed by atoms with van der Waals surface area (Å²) in [5, 5.41) is 1.67. The number of Topliss-reactive ketones (excluding diaryl/α,β-unsaturated/α-hetero) is 2. The highest BCUT2D eigenvalue weighted by molar-refractivity contribution is 7.14. The zero-order valence-corrected chi connectivity index (χ0v) is 8.74. The van der Waals surface area contributed by atoms with Crippen molar-refractivity contribution in [3.05, 3.63) is 21.3 Å². The van der Waals surface area contributed by atoms with E-state index in [0.29, 0.717) is 16.3 Å². The van der Waals surface area contributed by atoms with Gasteiger partial charge in [0, 0.05) is 17.4 Å². The lowest BCUT2D eigenvalue weighted by Gasteiger charge is -1.94. The molecule has 1 heterocycles. The average molecular weight is 217 g/mol. The van der Waals surface area contributed by atoms with Crippen LogP contribution >= 0.6 is 22.9 Å². The van der Waals surface area contributed by atoms with E-state index >= 15 is 0 Å². The van der Waals surface area contributed by atoms with Crippen LogP contribution in [0.1, 0.15) is 30.1 Å². The summed E-state index contributed by atoms with van der Waals surface area (Å²) in [6, 6.07) is 1.59. The highest BCUT2D eigenvalue weighted by Gasteiger charge is 2.11. The van der Waals surface area contributed by atoms with Crippen LogP contribution in [-0.2, 0) is 4.79 Å². The van der Waals surface area contributed by atoms with Crippen LogP contribution in [0.25, 0.3) is 0 Å². The minimum absolute atomic E-state index is 0.0104. The first-order valence-electron chi connectivity index (χ1n) is 3.92. The number of carbonyl (C=O) groups is 2. The van der Waals surface area contributed by atoms with Gasteiger partial charge in [0.05, 0.1) is 10.8 Å². The van der Waals surface area contributed by atoms with Gasteiger partial charge in [0.25, 0.3) is 0 Å². The monoisotopic (exact) mass is 216 g/mol. The maximum absolute atomic E-state index is 11.4. The Labute approximate surface area is 85.5 Å². The van der Waals surface area contributed by atoms with Gasteiger partial charge in [-0.1, -0.05) is 18.5 Å². The van der Waals surface area contributed by atoms with Crippen LogP contribution < -0.4 is 0 Å². The second-order valence-corrected chi connectivity index (χ2v) is 4.17. The highest BCUT2D eigenvalue weighted by Crippen LogP contribution is 2.21. The Balaban J connectivity index is 2.64. The van der Waals surface area contributed by atoms with E-state index in [1.807, 2.05) is 0 Å². The number of rotatable bonds is 4. The van der Waals surface area contributed by atoms with Crippen LogP contribution in [0.15, 0.2) is 11.4 Å². The van der Waals surface area contributed by atoms with Crippen molar-refractivity contribution in [2.24, 2.45) is 0 Å². The maximum Gasteiger partial charge on any atom is 0.171 e. The molecule has 0 radical (unpaired) electrons. The van der Waals surface area contributed by atoms with Gasteiger partial charge in [-0.2, -0.15) is 0 Å². The smallest absolute Gasteiger partial charge is 0.171 e. The fourth-order valence-corrected chi connectivity index (χ4v) is 1.75. The first-order chi connectivity index (χ1) is 6.13. The van der Waals surface area contributed by atoms with Crippen LogP contribution in [0.2, 0.25) is 4.34 Å². The minimum Gasteiger partial charge on any atom is -0.299 e. The third-order valence-electron chi connectivity index (χ3n) is 1.64. The van der Waals surface area contributed by atoms with E-state index in [1.165, 1.54) is 11.3 Å².